The van der Waals surface area contributed by atoms with E-state index < -0.39 is 29.1 Å². The van der Waals surface area contributed by atoms with Crippen molar-refractivity contribution in [3.63, 3.8) is 0 Å². The molecule has 4 rings (SSSR count). The molecule has 0 spiro atoms. The molecule has 1 heterocycles. The van der Waals surface area contributed by atoms with Crippen LogP contribution in [0.3, 0.4) is 0 Å². The monoisotopic (exact) mass is 655 g/mol. The average Bonchev–Trinajstić information content (AvgIpc) is 2.96. The molecule has 0 atom stereocenters. The van der Waals surface area contributed by atoms with E-state index in [1.54, 1.807) is 13.0 Å². The lowest BCUT2D eigenvalue weighted by atomic mass is 10.1. The summed E-state index contributed by atoms with van der Waals surface area (Å²) >= 11 is 6.07. The molecule has 6 nitrogen and oxygen atoms in total. The molecule has 244 valence electrons. The van der Waals surface area contributed by atoms with Crippen LogP contribution in [0.5, 0.6) is 17.2 Å². The topological polar surface area (TPSA) is 69.0 Å². The summed E-state index contributed by atoms with van der Waals surface area (Å²) in [4.78, 5) is 28.7. The van der Waals surface area contributed by atoms with Crippen LogP contribution in [-0.4, -0.2) is 24.0 Å². The Bertz CT molecular complexity index is 1780. The molecule has 3 aromatic carbocycles. The van der Waals surface area contributed by atoms with Gasteiger partial charge in [-0.2, -0.15) is 13.2 Å². The zero-order valence-corrected chi connectivity index (χ0v) is 27.4. The second kappa shape index (κ2) is 14.6. The molecule has 0 saturated carbocycles. The molecule has 0 saturated heterocycles. The highest BCUT2D eigenvalue weighted by molar-refractivity contribution is 6.31. The van der Waals surface area contributed by atoms with Crippen molar-refractivity contribution in [1.82, 2.24) is 4.90 Å². The molecule has 46 heavy (non-hydrogen) atoms. The zero-order chi connectivity index (χ0) is 33.8. The van der Waals surface area contributed by atoms with Crippen LogP contribution in [0.25, 0.3) is 17.0 Å². The van der Waals surface area contributed by atoms with Crippen LogP contribution in [0.4, 0.5) is 13.2 Å². The molecule has 0 N–H and O–H groups in total. The van der Waals surface area contributed by atoms with Crippen molar-refractivity contribution in [1.29, 1.82) is 0 Å². The van der Waals surface area contributed by atoms with E-state index in [9.17, 15) is 22.8 Å². The first-order valence-electron chi connectivity index (χ1n) is 14.9. The van der Waals surface area contributed by atoms with Crippen LogP contribution in [0.2, 0.25) is 5.02 Å². The minimum Gasteiger partial charge on any atom is -0.449 e. The minimum absolute atomic E-state index is 0.00905. The summed E-state index contributed by atoms with van der Waals surface area (Å²) in [6.45, 7) is 13.0. The van der Waals surface area contributed by atoms with Gasteiger partial charge in [0.05, 0.1) is 10.9 Å². The third-order valence-corrected chi connectivity index (χ3v) is 7.44. The van der Waals surface area contributed by atoms with E-state index in [0.29, 0.717) is 23.7 Å². The number of nitrogens with zero attached hydrogens (tertiary/aromatic N) is 1. The third-order valence-electron chi connectivity index (χ3n) is 7.01. The van der Waals surface area contributed by atoms with Gasteiger partial charge in [0.1, 0.15) is 17.1 Å². The van der Waals surface area contributed by atoms with Crippen LogP contribution in [0.1, 0.15) is 55.7 Å². The van der Waals surface area contributed by atoms with Gasteiger partial charge in [0, 0.05) is 30.7 Å². The SMILES string of the molecule is Cc1ccc(C=CC(=O)Oc2ccc3c(=O)c(Oc4ccc(Cl)c(C)c4)c(C(F)(F)F)oc3c2CN(CC(C)C)CC(C)C)cc1. The fourth-order valence-electron chi connectivity index (χ4n) is 5.05. The molecular weight excluding hydrogens is 619 g/mol. The number of benzene rings is 3. The number of hydrogen-bond donors (Lipinski definition) is 0. The van der Waals surface area contributed by atoms with Gasteiger partial charge in [0.15, 0.2) is 0 Å². The normalized spacial score (nSPS) is 12.2. The van der Waals surface area contributed by atoms with Gasteiger partial charge in [0.25, 0.3) is 5.76 Å². The Morgan fingerprint density at radius 1 is 0.978 bits per heavy atom. The predicted octanol–water partition coefficient (Wildman–Crippen LogP) is 9.61. The molecular formula is C36H37ClF3NO5. The second-order valence-electron chi connectivity index (χ2n) is 12.2. The molecule has 10 heteroatoms. The highest BCUT2D eigenvalue weighted by Gasteiger charge is 2.41. The van der Waals surface area contributed by atoms with Crippen molar-refractivity contribution in [3.8, 4) is 17.2 Å². The van der Waals surface area contributed by atoms with Crippen molar-refractivity contribution in [3.05, 3.63) is 104 Å². The molecule has 0 unspecified atom stereocenters. The van der Waals surface area contributed by atoms with Crippen LogP contribution in [-0.2, 0) is 17.5 Å². The van der Waals surface area contributed by atoms with Crippen molar-refractivity contribution in [2.75, 3.05) is 13.1 Å². The molecule has 0 fully saturated rings. The maximum absolute atomic E-state index is 14.5. The van der Waals surface area contributed by atoms with Gasteiger partial charge >= 0.3 is 12.1 Å². The summed E-state index contributed by atoms with van der Waals surface area (Å²) in [5, 5.41) is 0.245. The van der Waals surface area contributed by atoms with E-state index in [0.717, 1.165) is 11.1 Å². The smallest absolute Gasteiger partial charge is 0.449 e. The molecule has 0 radical (unpaired) electrons. The van der Waals surface area contributed by atoms with E-state index in [1.807, 2.05) is 63.8 Å². The lowest BCUT2D eigenvalue weighted by Crippen LogP contribution is -2.31. The van der Waals surface area contributed by atoms with Crippen LogP contribution in [0.15, 0.2) is 69.9 Å². The van der Waals surface area contributed by atoms with Crippen molar-refractivity contribution in [2.24, 2.45) is 11.8 Å². The first-order chi connectivity index (χ1) is 21.6. The van der Waals surface area contributed by atoms with Gasteiger partial charge in [-0.25, -0.2) is 4.79 Å². The number of alkyl halides is 3. The first-order valence-corrected chi connectivity index (χ1v) is 15.3. The predicted molar refractivity (Wildman–Crippen MR) is 175 cm³/mol. The average molecular weight is 656 g/mol. The Kier molecular flexibility index (Phi) is 11.0. The highest BCUT2D eigenvalue weighted by Crippen LogP contribution is 2.41. The van der Waals surface area contributed by atoms with E-state index in [2.05, 4.69) is 0 Å². The Morgan fingerprint density at radius 2 is 1.63 bits per heavy atom. The van der Waals surface area contributed by atoms with E-state index in [1.165, 1.54) is 36.4 Å². The van der Waals surface area contributed by atoms with Gasteiger partial charge in [-0.3, -0.25) is 9.69 Å². The van der Waals surface area contributed by atoms with E-state index in [4.69, 9.17) is 25.5 Å². The highest BCUT2D eigenvalue weighted by atomic mass is 35.5. The van der Waals surface area contributed by atoms with Crippen molar-refractivity contribution in [2.45, 2.75) is 54.3 Å². The Hall–Kier alpha value is -4.08. The van der Waals surface area contributed by atoms with Crippen molar-refractivity contribution >= 4 is 34.6 Å². The van der Waals surface area contributed by atoms with Crippen molar-refractivity contribution < 1.29 is 31.9 Å². The van der Waals surface area contributed by atoms with Gasteiger partial charge in [-0.05, 0) is 73.2 Å². The summed E-state index contributed by atoms with van der Waals surface area (Å²) in [6.07, 6.45) is -2.27. The summed E-state index contributed by atoms with van der Waals surface area (Å²) in [5.41, 5.74) is 1.18. The summed E-state index contributed by atoms with van der Waals surface area (Å²) in [5.74, 6) is -2.92. The minimum atomic E-state index is -5.08. The maximum atomic E-state index is 14.5. The van der Waals surface area contributed by atoms with Crippen LogP contribution < -0.4 is 14.9 Å². The number of hydrogen-bond acceptors (Lipinski definition) is 6. The van der Waals surface area contributed by atoms with E-state index in [-0.39, 0.29) is 46.4 Å². The molecule has 0 bridgehead atoms. The number of fused-ring (bicyclic) bond motifs is 1. The number of ether oxygens (including phenoxy) is 2. The standard InChI is InChI=1S/C36H37ClF3NO5/c1-21(2)18-41(19-22(3)4)20-28-30(45-31(42)16-11-25-9-7-23(5)8-10-25)15-13-27-32(43)34(35(36(38,39)40)46-33(27)28)44-26-12-14-29(37)24(6)17-26/h7-17,21-22H,18-20H2,1-6H3. The Morgan fingerprint density at radius 3 is 2.22 bits per heavy atom. The van der Waals surface area contributed by atoms with Gasteiger partial charge in [0.2, 0.25) is 11.2 Å². The molecule has 0 aliphatic carbocycles. The number of aryl methyl sites for hydroxylation is 2. The number of rotatable bonds is 11. The first kappa shape index (κ1) is 34.8. The summed E-state index contributed by atoms with van der Waals surface area (Å²) < 4.78 is 60.3. The summed E-state index contributed by atoms with van der Waals surface area (Å²) in [7, 11) is 0. The fourth-order valence-corrected chi connectivity index (χ4v) is 5.16. The number of carbonyl (C=O) groups excluding carboxylic acids is 1. The Labute approximate surface area is 271 Å². The lowest BCUT2D eigenvalue weighted by Gasteiger charge is -2.27. The molecule has 0 aliphatic heterocycles. The van der Waals surface area contributed by atoms with Crippen LogP contribution in [0, 0.1) is 25.7 Å². The summed E-state index contributed by atoms with van der Waals surface area (Å²) in [6, 6.07) is 14.4. The molecule has 0 amide bonds. The molecule has 4 aromatic rings. The quantitative estimate of drug-likeness (QED) is 0.0911. The zero-order valence-electron chi connectivity index (χ0n) is 26.6. The van der Waals surface area contributed by atoms with Gasteiger partial charge < -0.3 is 13.9 Å². The van der Waals surface area contributed by atoms with Gasteiger partial charge in [-0.1, -0.05) is 69.1 Å². The van der Waals surface area contributed by atoms with Gasteiger partial charge in [-0.15, -0.1) is 0 Å². The number of carbonyl (C=O) groups is 1. The second-order valence-corrected chi connectivity index (χ2v) is 12.6. The fraction of sp³-hybridized carbons (Fsp3) is 0.333. The van der Waals surface area contributed by atoms with E-state index >= 15 is 0 Å². The molecule has 0 aliphatic rings. The Balaban J connectivity index is 1.87. The molecule has 1 aromatic heterocycles. The largest absolute Gasteiger partial charge is 0.453 e. The maximum Gasteiger partial charge on any atom is 0.453 e. The number of esters is 1. The number of halogens is 4. The third kappa shape index (κ3) is 8.79. The van der Waals surface area contributed by atoms with Crippen LogP contribution >= 0.6 is 11.6 Å². The lowest BCUT2D eigenvalue weighted by molar-refractivity contribution is -0.154.